The summed E-state index contributed by atoms with van der Waals surface area (Å²) in [5.74, 6) is 3.21. The molecule has 57 heavy (non-hydrogen) atoms. The third-order valence-electron chi connectivity index (χ3n) is 7.98. The monoisotopic (exact) mass is 929 g/mol. The van der Waals surface area contributed by atoms with E-state index in [1.165, 1.54) is 0 Å². The van der Waals surface area contributed by atoms with Gasteiger partial charge in [-0.3, -0.25) is 0 Å². The molecule has 0 N–H and O–H groups in total. The average molecular weight is 932 g/mol. The minimum atomic E-state index is 0. The molecular formula is C46H40Br2CoN4O4. The Morgan fingerprint density at radius 1 is 0.421 bits per heavy atom. The van der Waals surface area contributed by atoms with Gasteiger partial charge >= 0.3 is 16.8 Å². The van der Waals surface area contributed by atoms with Gasteiger partial charge in [0.25, 0.3) is 0 Å². The summed E-state index contributed by atoms with van der Waals surface area (Å²) < 4.78 is 22.8. The Morgan fingerprint density at radius 2 is 0.702 bits per heavy atom. The maximum atomic E-state index is 5.21. The number of benzene rings is 6. The van der Waals surface area contributed by atoms with Gasteiger partial charge in [-0.05, 0) is 97.1 Å². The Balaban J connectivity index is 0.000000248. The summed E-state index contributed by atoms with van der Waals surface area (Å²) in [6.07, 6.45) is 7.31. The van der Waals surface area contributed by atoms with E-state index < -0.39 is 0 Å². The first kappa shape index (κ1) is 44.1. The van der Waals surface area contributed by atoms with Crippen LogP contribution in [0.5, 0.6) is 23.0 Å². The molecule has 291 valence electrons. The Kier molecular flexibility index (Phi) is 18.2. The Morgan fingerprint density at radius 3 is 0.982 bits per heavy atom. The summed E-state index contributed by atoms with van der Waals surface area (Å²) in [4.78, 5) is 9.54. The quantitative estimate of drug-likeness (QED) is 0.102. The molecule has 0 aliphatic carbocycles. The van der Waals surface area contributed by atoms with E-state index in [1.54, 1.807) is 40.8 Å². The minimum Gasteiger partial charge on any atom is -0.664 e. The van der Waals surface area contributed by atoms with Crippen molar-refractivity contribution in [1.82, 2.24) is 0 Å². The first-order chi connectivity index (χ1) is 27.3. The summed E-state index contributed by atoms with van der Waals surface area (Å²) in [7, 11) is 6.59. The van der Waals surface area contributed by atoms with Crippen molar-refractivity contribution in [2.24, 2.45) is 9.98 Å². The number of hydrogen-bond acceptors (Lipinski definition) is 6. The van der Waals surface area contributed by atoms with Crippen molar-refractivity contribution in [1.29, 1.82) is 0 Å². The van der Waals surface area contributed by atoms with Crippen LogP contribution in [0.25, 0.3) is 10.6 Å². The second-order valence-corrected chi connectivity index (χ2v) is 13.5. The molecule has 6 rings (SSSR count). The fraction of sp³-hybridized carbons (Fsp3) is 0.0870. The van der Waals surface area contributed by atoms with Crippen LogP contribution in [-0.4, -0.2) is 39.9 Å². The van der Waals surface area contributed by atoms with Crippen molar-refractivity contribution >= 4 is 66.0 Å². The van der Waals surface area contributed by atoms with Crippen molar-refractivity contribution in [2.75, 3.05) is 28.4 Å². The molecule has 6 aromatic rings. The molecule has 0 aliphatic heterocycles. The molecule has 11 heteroatoms. The second kappa shape index (κ2) is 23.5. The van der Waals surface area contributed by atoms with Crippen molar-refractivity contribution in [2.45, 2.75) is 0 Å². The Hall–Kier alpha value is -5.59. The molecule has 0 saturated carbocycles. The van der Waals surface area contributed by atoms with Crippen LogP contribution in [0, 0.1) is 0 Å². The van der Waals surface area contributed by atoms with E-state index in [1.807, 2.05) is 158 Å². The molecule has 0 atom stereocenters. The number of halogens is 2. The van der Waals surface area contributed by atoms with Crippen molar-refractivity contribution in [3.8, 4) is 23.0 Å². The smallest absolute Gasteiger partial charge is 0.664 e. The molecular weight excluding hydrogens is 891 g/mol. The van der Waals surface area contributed by atoms with Crippen LogP contribution in [0.3, 0.4) is 0 Å². The van der Waals surface area contributed by atoms with Crippen molar-refractivity contribution in [3.05, 3.63) is 201 Å². The van der Waals surface area contributed by atoms with E-state index in [4.69, 9.17) is 28.9 Å². The zero-order valence-corrected chi connectivity index (χ0v) is 35.9. The summed E-state index contributed by atoms with van der Waals surface area (Å²) >= 11 is 6.94. The predicted octanol–water partition coefficient (Wildman–Crippen LogP) is 13.6. The molecule has 6 aromatic carbocycles. The van der Waals surface area contributed by atoms with Crippen LogP contribution in [0.1, 0.15) is 11.1 Å². The topological polar surface area (TPSA) is 89.8 Å². The summed E-state index contributed by atoms with van der Waals surface area (Å²) in [6.45, 7) is 0. The third-order valence-corrected chi connectivity index (χ3v) is 9.04. The van der Waals surface area contributed by atoms with E-state index in [0.29, 0.717) is 0 Å². The molecule has 0 amide bonds. The molecule has 0 unspecified atom stereocenters. The zero-order chi connectivity index (χ0) is 39.5. The van der Waals surface area contributed by atoms with Crippen LogP contribution >= 0.6 is 31.9 Å². The number of hydrogen-bond donors (Lipinski definition) is 0. The van der Waals surface area contributed by atoms with Crippen molar-refractivity contribution in [3.63, 3.8) is 0 Å². The normalized spacial score (nSPS) is 11.3. The molecule has 0 heterocycles. The predicted molar refractivity (Wildman–Crippen MR) is 237 cm³/mol. The average Bonchev–Trinajstić information content (AvgIpc) is 3.25. The van der Waals surface area contributed by atoms with E-state index in [9.17, 15) is 0 Å². The van der Waals surface area contributed by atoms with Crippen LogP contribution in [0.2, 0.25) is 0 Å². The molecule has 0 fully saturated rings. The van der Waals surface area contributed by atoms with Crippen LogP contribution in [0.15, 0.2) is 189 Å². The SMILES string of the molecule is COc1ccc(N=C(/C=C\[N-]c2ccc(OC)cc2)c2ccc(Br)cc2)cc1.COc1ccc(N=C(/C=C\[N-]c2ccc(OC)cc2)c2ccc(Br)cc2)cc1.[Co+2]. The number of aliphatic imine (C=N–C) groups is 2. The van der Waals surface area contributed by atoms with Crippen LogP contribution in [0.4, 0.5) is 22.7 Å². The fourth-order valence-electron chi connectivity index (χ4n) is 4.95. The molecule has 0 bridgehead atoms. The molecule has 0 aliphatic rings. The van der Waals surface area contributed by atoms with Gasteiger partial charge in [0.15, 0.2) is 0 Å². The maximum Gasteiger partial charge on any atom is 2.00 e. The molecule has 0 spiro atoms. The third kappa shape index (κ3) is 14.5. The Bertz CT molecular complexity index is 2060. The van der Waals surface area contributed by atoms with Gasteiger partial charge in [0.05, 0.1) is 51.2 Å². The summed E-state index contributed by atoms with van der Waals surface area (Å²) in [5, 5.41) is 8.97. The minimum absolute atomic E-state index is 0. The number of rotatable bonds is 14. The number of methoxy groups -OCH3 is 4. The molecule has 1 radical (unpaired) electrons. The fourth-order valence-corrected chi connectivity index (χ4v) is 5.48. The van der Waals surface area contributed by atoms with Crippen molar-refractivity contribution < 1.29 is 35.7 Å². The maximum absolute atomic E-state index is 5.21. The second-order valence-electron chi connectivity index (χ2n) is 11.7. The van der Waals surface area contributed by atoms with E-state index in [2.05, 4.69) is 42.5 Å². The zero-order valence-electron chi connectivity index (χ0n) is 31.7. The van der Waals surface area contributed by atoms with Gasteiger partial charge in [-0.25, -0.2) is 9.98 Å². The van der Waals surface area contributed by atoms with E-state index >= 15 is 0 Å². The van der Waals surface area contributed by atoms with Crippen LogP contribution in [-0.2, 0) is 16.8 Å². The summed E-state index contributed by atoms with van der Waals surface area (Å²) in [6, 6.07) is 46.5. The van der Waals surface area contributed by atoms with Gasteiger partial charge < -0.3 is 29.6 Å². The standard InChI is InChI=1S/2C23H20BrN2O2.Co/c2*1-27-21-11-7-19(8-12-21)25-16-15-23(17-3-5-18(24)6-4-17)26-20-9-13-22(28-2)14-10-20;/h2*3-16H,1-2H3;/q2*-1;+2/b2*16-15-,26-23?;. The number of allylic oxidation sites excluding steroid dienone is 2. The number of nitrogens with zero attached hydrogens (tertiary/aromatic N) is 4. The molecule has 0 saturated heterocycles. The van der Waals surface area contributed by atoms with Gasteiger partial charge in [-0.2, -0.15) is 12.4 Å². The number of ether oxygens (including phenoxy) is 4. The van der Waals surface area contributed by atoms with Gasteiger partial charge in [0, 0.05) is 20.1 Å². The molecule has 0 aromatic heterocycles. The van der Waals surface area contributed by atoms with Gasteiger partial charge in [0.1, 0.15) is 23.0 Å². The largest absolute Gasteiger partial charge is 2.00 e. The first-order valence-corrected chi connectivity index (χ1v) is 18.9. The summed E-state index contributed by atoms with van der Waals surface area (Å²) in [5.41, 5.74) is 7.00. The van der Waals surface area contributed by atoms with Gasteiger partial charge in [-0.1, -0.05) is 92.5 Å². The first-order valence-electron chi connectivity index (χ1n) is 17.4. The van der Waals surface area contributed by atoms with E-state index in [0.717, 1.165) is 77.2 Å². The van der Waals surface area contributed by atoms with Crippen LogP contribution < -0.4 is 18.9 Å². The van der Waals surface area contributed by atoms with Gasteiger partial charge in [0.2, 0.25) is 0 Å². The van der Waals surface area contributed by atoms with Gasteiger partial charge in [-0.15, -0.1) is 11.4 Å². The Labute approximate surface area is 361 Å². The van der Waals surface area contributed by atoms with E-state index in [-0.39, 0.29) is 16.8 Å². The molecule has 8 nitrogen and oxygen atoms in total.